The van der Waals surface area contributed by atoms with E-state index < -0.39 is 0 Å². The van der Waals surface area contributed by atoms with Gasteiger partial charge in [0.1, 0.15) is 5.82 Å². The highest BCUT2D eigenvalue weighted by molar-refractivity contribution is 14.0. The Kier molecular flexibility index (Phi) is 10.2. The number of aromatic nitrogens is 1. The molecule has 3 heterocycles. The molecule has 0 unspecified atom stereocenters. The summed E-state index contributed by atoms with van der Waals surface area (Å²) in [5.41, 5.74) is 1.14. The highest BCUT2D eigenvalue weighted by atomic mass is 127. The highest BCUT2D eigenvalue weighted by Crippen LogP contribution is 2.14. The molecule has 1 saturated heterocycles. The third kappa shape index (κ3) is 7.42. The Labute approximate surface area is 196 Å². The van der Waals surface area contributed by atoms with Gasteiger partial charge in [0.2, 0.25) is 0 Å². The zero-order chi connectivity index (χ0) is 19.8. The van der Waals surface area contributed by atoms with Crippen molar-refractivity contribution in [2.75, 3.05) is 58.3 Å². The summed E-state index contributed by atoms with van der Waals surface area (Å²) in [6.07, 6.45) is 3.01. The van der Waals surface area contributed by atoms with E-state index >= 15 is 0 Å². The van der Waals surface area contributed by atoms with E-state index in [0.29, 0.717) is 6.54 Å². The fourth-order valence-corrected chi connectivity index (χ4v) is 3.91. The van der Waals surface area contributed by atoms with Gasteiger partial charge in [0, 0.05) is 57.4 Å². The van der Waals surface area contributed by atoms with Crippen LogP contribution < -0.4 is 10.2 Å². The minimum atomic E-state index is 0. The van der Waals surface area contributed by atoms with E-state index in [1.54, 1.807) is 0 Å². The monoisotopic (exact) mass is 528 g/mol. The molecule has 0 saturated carbocycles. The van der Waals surface area contributed by atoms with Crippen molar-refractivity contribution in [2.45, 2.75) is 19.9 Å². The van der Waals surface area contributed by atoms with Crippen molar-refractivity contribution in [3.05, 3.63) is 46.3 Å². The van der Waals surface area contributed by atoms with Crippen LogP contribution in [0.5, 0.6) is 0 Å². The van der Waals surface area contributed by atoms with Crippen LogP contribution in [0.2, 0.25) is 0 Å². The van der Waals surface area contributed by atoms with Gasteiger partial charge in [-0.05, 0) is 43.5 Å². The zero-order valence-corrected chi connectivity index (χ0v) is 20.8. The number of guanidine groups is 1. The third-order valence-corrected chi connectivity index (χ3v) is 5.95. The molecule has 1 fully saturated rings. The Bertz CT molecular complexity index is 726. The van der Waals surface area contributed by atoms with Crippen LogP contribution in [0.25, 0.3) is 0 Å². The maximum Gasteiger partial charge on any atom is 0.193 e. The lowest BCUT2D eigenvalue weighted by Gasteiger charge is -2.33. The second-order valence-electron chi connectivity index (χ2n) is 7.24. The van der Waals surface area contributed by atoms with Gasteiger partial charge in [-0.3, -0.25) is 0 Å². The largest absolute Gasteiger partial charge is 0.357 e. The molecule has 0 atom stereocenters. The molecule has 0 aliphatic carbocycles. The van der Waals surface area contributed by atoms with Gasteiger partial charge in [0.25, 0.3) is 0 Å². The first kappa shape index (κ1) is 23.9. The predicted octanol–water partition coefficient (Wildman–Crippen LogP) is 3.15. The molecule has 0 radical (unpaired) electrons. The average Bonchev–Trinajstić information content (AvgIpc) is 3.24. The van der Waals surface area contributed by atoms with Crippen molar-refractivity contribution < 1.29 is 0 Å². The van der Waals surface area contributed by atoms with Crippen LogP contribution in [0.1, 0.15) is 17.4 Å². The average molecular weight is 529 g/mol. The molecule has 6 nitrogen and oxygen atoms in total. The molecule has 0 bridgehead atoms. The number of piperazine rings is 1. The normalized spacial score (nSPS) is 15.1. The van der Waals surface area contributed by atoms with Crippen LogP contribution in [0.4, 0.5) is 5.82 Å². The van der Waals surface area contributed by atoms with Crippen LogP contribution >= 0.6 is 35.3 Å². The van der Waals surface area contributed by atoms with Gasteiger partial charge in [-0.2, -0.15) is 0 Å². The van der Waals surface area contributed by atoms with Gasteiger partial charge in [-0.15, -0.1) is 35.3 Å². The fourth-order valence-electron chi connectivity index (χ4n) is 3.21. The van der Waals surface area contributed by atoms with E-state index in [4.69, 9.17) is 4.99 Å². The first-order valence-corrected chi connectivity index (χ1v) is 10.9. The van der Waals surface area contributed by atoms with Gasteiger partial charge in [0.15, 0.2) is 5.96 Å². The van der Waals surface area contributed by atoms with Crippen molar-refractivity contribution in [3.63, 3.8) is 0 Å². The molecule has 0 aromatic carbocycles. The second-order valence-corrected chi connectivity index (χ2v) is 8.27. The lowest BCUT2D eigenvalue weighted by atomic mass is 10.2. The van der Waals surface area contributed by atoms with Gasteiger partial charge in [0.05, 0.1) is 6.54 Å². The Hall–Kier alpha value is -1.39. The van der Waals surface area contributed by atoms with E-state index in [1.807, 2.05) is 17.5 Å². The predicted molar refractivity (Wildman–Crippen MR) is 135 cm³/mol. The maximum atomic E-state index is 4.81. The minimum absolute atomic E-state index is 0. The quantitative estimate of drug-likeness (QED) is 0.340. The molecule has 29 heavy (non-hydrogen) atoms. The maximum absolute atomic E-state index is 4.81. The standard InChI is InChI=1S/C21H32N6S.HI/c1-4-22-21(26(3)10-9-19-6-5-15-28-19)24-17-18-7-8-20(23-16-18)27-13-11-25(2)12-14-27;/h5-8,15-16H,4,9-14,17H2,1-3H3,(H,22,24);1H. The number of hydrogen-bond acceptors (Lipinski definition) is 5. The van der Waals surface area contributed by atoms with Crippen LogP contribution in [0.15, 0.2) is 40.8 Å². The number of nitrogens with one attached hydrogen (secondary N) is 1. The summed E-state index contributed by atoms with van der Waals surface area (Å²) in [6, 6.07) is 8.58. The molecule has 1 aliphatic rings. The summed E-state index contributed by atoms with van der Waals surface area (Å²) in [5, 5.41) is 5.53. The topological polar surface area (TPSA) is 47.0 Å². The van der Waals surface area contributed by atoms with Crippen molar-refractivity contribution in [1.29, 1.82) is 0 Å². The molecule has 0 amide bonds. The fraction of sp³-hybridized carbons (Fsp3) is 0.524. The first-order valence-electron chi connectivity index (χ1n) is 10.1. The van der Waals surface area contributed by atoms with Crippen molar-refractivity contribution in [1.82, 2.24) is 20.1 Å². The number of rotatable bonds is 7. The lowest BCUT2D eigenvalue weighted by molar-refractivity contribution is 0.312. The molecule has 2 aromatic rings. The number of halogens is 1. The highest BCUT2D eigenvalue weighted by Gasteiger charge is 2.15. The second kappa shape index (κ2) is 12.3. The van der Waals surface area contributed by atoms with Crippen LogP contribution in [0, 0.1) is 0 Å². The van der Waals surface area contributed by atoms with Gasteiger partial charge < -0.3 is 20.0 Å². The molecule has 160 valence electrons. The molecule has 0 spiro atoms. The van der Waals surface area contributed by atoms with Gasteiger partial charge in [-0.1, -0.05) is 12.1 Å². The number of likely N-dealkylation sites (N-methyl/N-ethyl adjacent to an activating group) is 2. The summed E-state index contributed by atoms with van der Waals surface area (Å²) >= 11 is 1.81. The molecule has 1 N–H and O–H groups in total. The Morgan fingerprint density at radius 1 is 1.24 bits per heavy atom. The summed E-state index contributed by atoms with van der Waals surface area (Å²) in [5.74, 6) is 2.02. The van der Waals surface area contributed by atoms with Crippen LogP contribution in [-0.4, -0.2) is 74.1 Å². The number of thiophene rings is 1. The molecule has 1 aliphatic heterocycles. The molecular formula is C21H33IN6S. The molecule has 8 heteroatoms. The molecular weight excluding hydrogens is 495 g/mol. The summed E-state index contributed by atoms with van der Waals surface area (Å²) in [4.78, 5) is 17.8. The van der Waals surface area contributed by atoms with Gasteiger partial charge >= 0.3 is 0 Å². The SMILES string of the molecule is CCNC(=NCc1ccc(N2CCN(C)CC2)nc1)N(C)CCc1cccs1.I. The van der Waals surface area contributed by atoms with Crippen LogP contribution in [0.3, 0.4) is 0 Å². The number of pyridine rings is 1. The number of aliphatic imine (C=N–C) groups is 1. The molecule has 3 rings (SSSR count). The Morgan fingerprint density at radius 3 is 2.66 bits per heavy atom. The van der Waals surface area contributed by atoms with E-state index in [-0.39, 0.29) is 24.0 Å². The number of hydrogen-bond donors (Lipinski definition) is 1. The summed E-state index contributed by atoms with van der Waals surface area (Å²) in [7, 11) is 4.27. The smallest absolute Gasteiger partial charge is 0.193 e. The van der Waals surface area contributed by atoms with Crippen LogP contribution in [-0.2, 0) is 13.0 Å². The Balaban J connectivity index is 0.00000300. The number of anilines is 1. The van der Waals surface area contributed by atoms with E-state index in [0.717, 1.165) is 63.0 Å². The minimum Gasteiger partial charge on any atom is -0.357 e. The lowest BCUT2D eigenvalue weighted by Crippen LogP contribution is -2.44. The first-order chi connectivity index (χ1) is 13.7. The third-order valence-electron chi connectivity index (χ3n) is 5.02. The van der Waals surface area contributed by atoms with Crippen molar-refractivity contribution >= 4 is 47.1 Å². The van der Waals surface area contributed by atoms with Crippen molar-refractivity contribution in [2.24, 2.45) is 4.99 Å². The van der Waals surface area contributed by atoms with E-state index in [1.165, 1.54) is 4.88 Å². The van der Waals surface area contributed by atoms with Crippen molar-refractivity contribution in [3.8, 4) is 0 Å². The molecule has 2 aromatic heterocycles. The van der Waals surface area contributed by atoms with Gasteiger partial charge in [-0.25, -0.2) is 9.98 Å². The Morgan fingerprint density at radius 2 is 2.03 bits per heavy atom. The van der Waals surface area contributed by atoms with E-state index in [2.05, 4.69) is 75.7 Å². The zero-order valence-electron chi connectivity index (χ0n) is 17.7. The number of nitrogens with zero attached hydrogens (tertiary/aromatic N) is 5. The summed E-state index contributed by atoms with van der Waals surface area (Å²) in [6.45, 7) is 8.84. The van der Waals surface area contributed by atoms with E-state index in [9.17, 15) is 0 Å². The summed E-state index contributed by atoms with van der Waals surface area (Å²) < 4.78 is 0.